The molecule has 0 unspecified atom stereocenters. The zero-order chi connectivity index (χ0) is 36.6. The number of aliphatic hydroxyl groups excluding tert-OH is 1. The number of carbonyl (C=O) groups is 1. The van der Waals surface area contributed by atoms with Crippen molar-refractivity contribution in [1.29, 1.82) is 0 Å². The van der Waals surface area contributed by atoms with Gasteiger partial charge in [0.05, 0.1) is 5.75 Å². The number of aliphatic hydroxyl groups is 1. The Morgan fingerprint density at radius 2 is 1.35 bits per heavy atom. The van der Waals surface area contributed by atoms with E-state index in [1.807, 2.05) is 53.8 Å². The number of aromatic nitrogens is 1. The maximum absolute atomic E-state index is 11.5. The monoisotopic (exact) mass is 857 g/mol. The molecule has 1 radical (unpaired) electrons. The second-order valence-electron chi connectivity index (χ2n) is 17.8. The number of allylic oxidation sites excluding steroid dienone is 2. The van der Waals surface area contributed by atoms with E-state index in [9.17, 15) is 9.90 Å². The number of hydrogen-bond acceptors (Lipinski definition) is 4. The van der Waals surface area contributed by atoms with Crippen LogP contribution >= 0.6 is 0 Å². The van der Waals surface area contributed by atoms with Crippen LogP contribution in [0, 0.1) is 16.9 Å². The van der Waals surface area contributed by atoms with Crippen LogP contribution in [0.15, 0.2) is 84.8 Å². The van der Waals surface area contributed by atoms with Gasteiger partial charge in [0, 0.05) is 54.3 Å². The molecule has 1 aliphatic heterocycles. The van der Waals surface area contributed by atoms with Crippen LogP contribution in [-0.2, 0) is 35.7 Å². The molecule has 0 aliphatic carbocycles. The molecular weight excluding hydrogens is 807 g/mol. The van der Waals surface area contributed by atoms with E-state index >= 15 is 0 Å². The van der Waals surface area contributed by atoms with Gasteiger partial charge in [-0.05, 0) is 67.1 Å². The third-order valence-corrected chi connectivity index (χ3v) is 9.60. The number of pyridine rings is 1. The summed E-state index contributed by atoms with van der Waals surface area (Å²) in [5, 5.41) is 19.0. The molecule has 5 aromatic carbocycles. The molecular formula is C46H50IrNO3-. The molecule has 0 spiro atoms. The first-order valence-corrected chi connectivity index (χ1v) is 17.6. The van der Waals surface area contributed by atoms with Crippen molar-refractivity contribution < 1.29 is 34.7 Å². The van der Waals surface area contributed by atoms with Crippen LogP contribution in [0.1, 0.15) is 94.2 Å². The van der Waals surface area contributed by atoms with Crippen LogP contribution < -0.4 is 4.74 Å². The average molecular weight is 857 g/mol. The van der Waals surface area contributed by atoms with Crippen LogP contribution in [0.25, 0.3) is 54.3 Å². The Kier molecular flexibility index (Phi) is 9.86. The van der Waals surface area contributed by atoms with Gasteiger partial charge >= 0.3 is 0 Å². The number of fused-ring (bicyclic) bond motifs is 7. The summed E-state index contributed by atoms with van der Waals surface area (Å²) in [6.07, 6.45) is 3.26. The van der Waals surface area contributed by atoms with Crippen molar-refractivity contribution in [3.05, 3.63) is 102 Å². The summed E-state index contributed by atoms with van der Waals surface area (Å²) in [5.74, 6) is 1.79. The maximum Gasteiger partial charge on any atom is 0.164 e. The Hall–Kier alpha value is -4.05. The summed E-state index contributed by atoms with van der Waals surface area (Å²) < 4.78 is 6.64. The van der Waals surface area contributed by atoms with Crippen LogP contribution in [0.5, 0.6) is 11.5 Å². The molecule has 5 heteroatoms. The summed E-state index contributed by atoms with van der Waals surface area (Å²) in [4.78, 5) is 16.3. The number of ketones is 1. The van der Waals surface area contributed by atoms with Crippen molar-refractivity contribution in [3.8, 4) is 22.8 Å². The van der Waals surface area contributed by atoms with Crippen molar-refractivity contribution in [2.24, 2.45) is 10.8 Å². The number of ether oxygens (including phenoxy) is 1. The minimum Gasteiger partial charge on any atom is -0.512 e. The molecule has 267 valence electrons. The van der Waals surface area contributed by atoms with E-state index in [4.69, 9.17) is 9.72 Å². The van der Waals surface area contributed by atoms with Gasteiger partial charge in [-0.2, -0.15) is 0 Å². The van der Waals surface area contributed by atoms with Gasteiger partial charge in [0.1, 0.15) is 11.5 Å². The van der Waals surface area contributed by atoms with E-state index in [2.05, 4.69) is 108 Å². The first-order chi connectivity index (χ1) is 23.1. The SMILES string of the molecule is CC(C)(C)C(=O)/C=C(\O)C(C)(C)C.CC(C)(C)c1cc(C(C)(C)C)c2ccc3c4ccnc5c4c(cc3c2c1)Oc1cc2ccccc2[c-]c1-5.[Ir]. The molecule has 1 aliphatic rings. The molecule has 1 aromatic heterocycles. The van der Waals surface area contributed by atoms with Crippen LogP contribution in [-0.4, -0.2) is 15.9 Å². The van der Waals surface area contributed by atoms with Crippen LogP contribution in [0.3, 0.4) is 0 Å². The van der Waals surface area contributed by atoms with Crippen molar-refractivity contribution in [2.45, 2.75) is 93.9 Å². The minimum absolute atomic E-state index is 0. The van der Waals surface area contributed by atoms with Crippen molar-refractivity contribution >= 4 is 48.9 Å². The molecule has 0 saturated carbocycles. The van der Waals surface area contributed by atoms with E-state index in [-0.39, 0.29) is 47.9 Å². The van der Waals surface area contributed by atoms with E-state index in [1.165, 1.54) is 44.1 Å². The van der Waals surface area contributed by atoms with Gasteiger partial charge < -0.3 is 9.84 Å². The van der Waals surface area contributed by atoms with Crippen LogP contribution in [0.2, 0.25) is 0 Å². The molecule has 4 nitrogen and oxygen atoms in total. The summed E-state index contributed by atoms with van der Waals surface area (Å²) in [7, 11) is 0. The third-order valence-electron chi connectivity index (χ3n) is 9.60. The topological polar surface area (TPSA) is 59.4 Å². The molecule has 51 heavy (non-hydrogen) atoms. The van der Waals surface area contributed by atoms with Gasteiger partial charge in [0.25, 0.3) is 0 Å². The van der Waals surface area contributed by atoms with Crippen molar-refractivity contribution in [3.63, 3.8) is 0 Å². The predicted octanol–water partition coefficient (Wildman–Crippen LogP) is 12.9. The Labute approximate surface area is 316 Å². The molecule has 6 aromatic rings. The summed E-state index contributed by atoms with van der Waals surface area (Å²) >= 11 is 0. The number of benzene rings is 5. The standard InChI is InChI=1S/C35H30NO.C11H20O2.Ir/c1-34(2,3)22-17-26-24(29(18-22)35(4,5)6)12-11-23-25-13-14-36-33-28-15-20-9-7-8-10-21(20)16-30(28)37-31(32(25)33)19-27(23)26;1-10(2,3)8(12)7-9(13)11(4,5)6;/h7-14,16-19H,1-6H3;7,12H,1-6H3;/q-1;;/b;8-7-;. The smallest absolute Gasteiger partial charge is 0.164 e. The first kappa shape index (κ1) is 38.2. The quantitative estimate of drug-likeness (QED) is 0.0773. The normalized spacial score (nSPS) is 13.4. The second-order valence-corrected chi connectivity index (χ2v) is 17.8. The average Bonchev–Trinajstić information content (AvgIpc) is 3.02. The van der Waals surface area contributed by atoms with Crippen molar-refractivity contribution in [2.75, 3.05) is 0 Å². The molecule has 0 fully saturated rings. The molecule has 0 saturated heterocycles. The fourth-order valence-corrected chi connectivity index (χ4v) is 6.39. The maximum atomic E-state index is 11.5. The predicted molar refractivity (Wildman–Crippen MR) is 211 cm³/mol. The van der Waals surface area contributed by atoms with Crippen LogP contribution in [0.4, 0.5) is 0 Å². The summed E-state index contributed by atoms with van der Waals surface area (Å²) in [6.45, 7) is 24.9. The van der Waals surface area contributed by atoms with Gasteiger partial charge in [-0.1, -0.05) is 136 Å². The molecule has 0 atom stereocenters. The number of rotatable bonds is 1. The van der Waals surface area contributed by atoms with Gasteiger partial charge in [0.15, 0.2) is 5.78 Å². The third kappa shape index (κ3) is 7.34. The number of hydrogen-bond donors (Lipinski definition) is 1. The van der Waals surface area contributed by atoms with Crippen molar-refractivity contribution in [1.82, 2.24) is 4.98 Å². The fourth-order valence-electron chi connectivity index (χ4n) is 6.39. The largest absolute Gasteiger partial charge is 0.512 e. The van der Waals surface area contributed by atoms with Gasteiger partial charge in [0.2, 0.25) is 0 Å². The van der Waals surface area contributed by atoms with E-state index in [0.717, 1.165) is 38.9 Å². The second kappa shape index (κ2) is 13.2. The number of carbonyl (C=O) groups excluding carboxylic acids is 1. The van der Waals surface area contributed by atoms with Gasteiger partial charge in [-0.25, -0.2) is 0 Å². The summed E-state index contributed by atoms with van der Waals surface area (Å²) in [6, 6.07) is 27.8. The summed E-state index contributed by atoms with van der Waals surface area (Å²) in [5.41, 5.74) is 3.93. The molecule has 0 amide bonds. The van der Waals surface area contributed by atoms with E-state index < -0.39 is 5.41 Å². The zero-order valence-electron chi connectivity index (χ0n) is 32.0. The van der Waals surface area contributed by atoms with E-state index in [0.29, 0.717) is 0 Å². The minimum atomic E-state index is -0.417. The zero-order valence-corrected chi connectivity index (χ0v) is 34.4. The first-order valence-electron chi connectivity index (χ1n) is 17.6. The Balaban J connectivity index is 0.000000310. The Morgan fingerprint density at radius 1 is 0.706 bits per heavy atom. The Bertz CT molecular complexity index is 2360. The number of nitrogens with zero attached hydrogens (tertiary/aromatic N) is 1. The Morgan fingerprint density at radius 3 is 1.98 bits per heavy atom. The van der Waals surface area contributed by atoms with Gasteiger partial charge in [-0.3, -0.25) is 9.78 Å². The fraction of sp³-hybridized carbons (Fsp3) is 0.348. The van der Waals surface area contributed by atoms with Gasteiger partial charge in [-0.15, -0.1) is 17.5 Å². The molecule has 0 bridgehead atoms. The molecule has 7 rings (SSSR count). The molecule has 2 heterocycles. The molecule has 1 N–H and O–H groups in total. The van der Waals surface area contributed by atoms with E-state index in [1.54, 1.807) is 0 Å².